The molecule has 0 fully saturated rings. The van der Waals surface area contributed by atoms with Gasteiger partial charge in [-0.25, -0.2) is 4.98 Å². The van der Waals surface area contributed by atoms with Crippen LogP contribution in [0.15, 0.2) is 55.0 Å². The van der Waals surface area contributed by atoms with Crippen molar-refractivity contribution in [2.75, 3.05) is 13.7 Å². The van der Waals surface area contributed by atoms with Crippen molar-refractivity contribution in [3.8, 4) is 5.75 Å². The molecule has 1 atom stereocenters. The van der Waals surface area contributed by atoms with Crippen LogP contribution < -0.4 is 4.74 Å². The molecule has 0 saturated heterocycles. The highest BCUT2D eigenvalue weighted by Gasteiger charge is 2.34. The van der Waals surface area contributed by atoms with E-state index in [2.05, 4.69) is 27.7 Å². The van der Waals surface area contributed by atoms with Crippen LogP contribution in [-0.2, 0) is 13.5 Å². The lowest BCUT2D eigenvalue weighted by atomic mass is 9.94. The lowest BCUT2D eigenvalue weighted by Gasteiger charge is -2.35. The summed E-state index contributed by atoms with van der Waals surface area (Å²) in [7, 11) is 3.68. The Kier molecular flexibility index (Phi) is 4.35. The minimum Gasteiger partial charge on any atom is -0.497 e. The van der Waals surface area contributed by atoms with Crippen LogP contribution >= 0.6 is 0 Å². The van der Waals surface area contributed by atoms with Gasteiger partial charge in [-0.1, -0.05) is 12.1 Å². The molecule has 1 amide bonds. The highest BCUT2D eigenvalue weighted by molar-refractivity contribution is 5.99. The van der Waals surface area contributed by atoms with Crippen molar-refractivity contribution in [1.29, 1.82) is 0 Å². The van der Waals surface area contributed by atoms with Gasteiger partial charge in [0.25, 0.3) is 5.91 Å². The maximum Gasteiger partial charge on any atom is 0.254 e. The number of carbonyl (C=O) groups is 1. The summed E-state index contributed by atoms with van der Waals surface area (Å²) in [6.07, 6.45) is 4.57. The number of aromatic nitrogens is 3. The average Bonchev–Trinajstić information content (AvgIpc) is 3.36. The molecule has 0 unspecified atom stereocenters. The number of hydrogen-bond donors (Lipinski definition) is 1. The summed E-state index contributed by atoms with van der Waals surface area (Å²) in [5.74, 6) is 0.814. The highest BCUT2D eigenvalue weighted by Crippen LogP contribution is 2.35. The Labute approximate surface area is 175 Å². The van der Waals surface area contributed by atoms with E-state index in [4.69, 9.17) is 4.74 Å². The van der Waals surface area contributed by atoms with E-state index in [1.165, 1.54) is 5.56 Å². The average molecular weight is 400 g/mol. The minimum atomic E-state index is -0.231. The molecule has 6 nitrogen and oxygen atoms in total. The zero-order valence-electron chi connectivity index (χ0n) is 17.3. The van der Waals surface area contributed by atoms with Gasteiger partial charge < -0.3 is 19.2 Å². The number of ether oxygens (including phenoxy) is 1. The fraction of sp³-hybridized carbons (Fsp3) is 0.250. The van der Waals surface area contributed by atoms with E-state index < -0.39 is 0 Å². The van der Waals surface area contributed by atoms with Gasteiger partial charge in [0.05, 0.1) is 19.1 Å². The number of hydrogen-bond acceptors (Lipinski definition) is 3. The third kappa shape index (κ3) is 2.87. The highest BCUT2D eigenvalue weighted by atomic mass is 16.5. The molecular weight excluding hydrogens is 376 g/mol. The van der Waals surface area contributed by atoms with Crippen LogP contribution in [0.4, 0.5) is 0 Å². The van der Waals surface area contributed by atoms with E-state index in [1.807, 2.05) is 54.4 Å². The first-order valence-corrected chi connectivity index (χ1v) is 10.1. The van der Waals surface area contributed by atoms with Crippen LogP contribution in [-0.4, -0.2) is 39.0 Å². The molecule has 4 aromatic rings. The van der Waals surface area contributed by atoms with Crippen molar-refractivity contribution in [3.63, 3.8) is 0 Å². The SMILES string of the molecule is COc1ccc([C@H]2c3nc[nH]c3CCN2C(=O)c2ccc3c(c2)c(C)cn3C)cc1. The predicted octanol–water partition coefficient (Wildman–Crippen LogP) is 4.01. The van der Waals surface area contributed by atoms with Gasteiger partial charge in [-0.3, -0.25) is 4.79 Å². The number of aromatic amines is 1. The molecule has 2 aromatic carbocycles. The molecule has 1 aliphatic rings. The first-order chi connectivity index (χ1) is 14.6. The number of rotatable bonds is 3. The molecule has 1 aliphatic heterocycles. The molecule has 152 valence electrons. The number of imidazole rings is 1. The molecule has 0 radical (unpaired) electrons. The van der Waals surface area contributed by atoms with Gasteiger partial charge in [0, 0.05) is 48.4 Å². The Morgan fingerprint density at radius 3 is 2.77 bits per heavy atom. The molecule has 2 aromatic heterocycles. The van der Waals surface area contributed by atoms with Gasteiger partial charge in [-0.15, -0.1) is 0 Å². The third-order valence-corrected chi connectivity index (χ3v) is 6.05. The van der Waals surface area contributed by atoms with Crippen LogP contribution in [0.3, 0.4) is 0 Å². The van der Waals surface area contributed by atoms with Crippen LogP contribution in [0.5, 0.6) is 5.75 Å². The lowest BCUT2D eigenvalue weighted by Crippen LogP contribution is -2.40. The summed E-state index contributed by atoms with van der Waals surface area (Å²) in [5.41, 5.74) is 6.03. The van der Waals surface area contributed by atoms with Crippen molar-refractivity contribution in [1.82, 2.24) is 19.4 Å². The molecule has 3 heterocycles. The maximum absolute atomic E-state index is 13.7. The van der Waals surface area contributed by atoms with Crippen LogP contribution in [0.1, 0.15) is 38.9 Å². The molecule has 30 heavy (non-hydrogen) atoms. The van der Waals surface area contributed by atoms with Gasteiger partial charge in [0.2, 0.25) is 0 Å². The molecule has 0 aliphatic carbocycles. The number of amides is 1. The summed E-state index contributed by atoms with van der Waals surface area (Å²) >= 11 is 0. The number of nitrogens with zero attached hydrogens (tertiary/aromatic N) is 3. The lowest BCUT2D eigenvalue weighted by molar-refractivity contribution is 0.0691. The summed E-state index contributed by atoms with van der Waals surface area (Å²) in [6, 6.07) is 13.6. The Bertz CT molecular complexity index is 1240. The zero-order valence-corrected chi connectivity index (χ0v) is 17.3. The third-order valence-electron chi connectivity index (χ3n) is 6.05. The summed E-state index contributed by atoms with van der Waals surface area (Å²) in [5, 5.41) is 1.11. The van der Waals surface area contributed by atoms with E-state index >= 15 is 0 Å². The molecular formula is C24H24N4O2. The predicted molar refractivity (Wildman–Crippen MR) is 116 cm³/mol. The van der Waals surface area contributed by atoms with Crippen molar-refractivity contribution in [3.05, 3.63) is 83.1 Å². The van der Waals surface area contributed by atoms with Crippen molar-refractivity contribution < 1.29 is 9.53 Å². The fourth-order valence-corrected chi connectivity index (χ4v) is 4.51. The molecule has 5 rings (SSSR count). The molecule has 1 N–H and O–H groups in total. The van der Waals surface area contributed by atoms with Crippen LogP contribution in [0, 0.1) is 6.92 Å². The van der Waals surface area contributed by atoms with Crippen molar-refractivity contribution in [2.24, 2.45) is 7.05 Å². The quantitative estimate of drug-likeness (QED) is 0.565. The number of carbonyl (C=O) groups excluding carboxylic acids is 1. The smallest absolute Gasteiger partial charge is 0.254 e. The van der Waals surface area contributed by atoms with Gasteiger partial charge in [-0.05, 0) is 48.4 Å². The summed E-state index contributed by atoms with van der Waals surface area (Å²) in [4.78, 5) is 23.4. The van der Waals surface area contributed by atoms with Gasteiger partial charge >= 0.3 is 0 Å². The number of methoxy groups -OCH3 is 1. The Balaban J connectivity index is 1.57. The molecule has 0 spiro atoms. The number of nitrogens with one attached hydrogen (secondary N) is 1. The summed E-state index contributed by atoms with van der Waals surface area (Å²) in [6.45, 7) is 2.71. The second kappa shape index (κ2) is 7.06. The maximum atomic E-state index is 13.7. The van der Waals surface area contributed by atoms with Crippen molar-refractivity contribution in [2.45, 2.75) is 19.4 Å². The van der Waals surface area contributed by atoms with Crippen LogP contribution in [0.2, 0.25) is 0 Å². The number of aryl methyl sites for hydroxylation is 2. The molecule has 0 saturated carbocycles. The Morgan fingerprint density at radius 1 is 1.20 bits per heavy atom. The monoisotopic (exact) mass is 400 g/mol. The number of fused-ring (bicyclic) bond motifs is 2. The molecule has 0 bridgehead atoms. The first-order valence-electron chi connectivity index (χ1n) is 10.1. The Hall–Kier alpha value is -3.54. The topological polar surface area (TPSA) is 63.1 Å². The second-order valence-corrected chi connectivity index (χ2v) is 7.85. The number of H-pyrrole nitrogens is 1. The summed E-state index contributed by atoms with van der Waals surface area (Å²) < 4.78 is 7.40. The Morgan fingerprint density at radius 2 is 2.00 bits per heavy atom. The largest absolute Gasteiger partial charge is 0.497 e. The van der Waals surface area contributed by atoms with Gasteiger partial charge in [0.1, 0.15) is 11.8 Å². The standard InChI is InChI=1S/C24H24N4O2/c1-15-13-27(2)21-9-6-17(12-19(15)21)24(29)28-11-10-20-22(26-14-25-20)23(28)16-4-7-18(30-3)8-5-16/h4-9,12-14,23H,10-11H2,1-3H3,(H,25,26)/t23-/m0/s1. The fourth-order valence-electron chi connectivity index (χ4n) is 4.51. The van der Waals surface area contributed by atoms with E-state index in [9.17, 15) is 4.79 Å². The van der Waals surface area contributed by atoms with Crippen molar-refractivity contribution >= 4 is 16.8 Å². The normalized spacial score (nSPS) is 16.0. The zero-order chi connectivity index (χ0) is 20.8. The van der Waals surface area contributed by atoms with E-state index in [1.54, 1.807) is 13.4 Å². The van der Waals surface area contributed by atoms with E-state index in [0.29, 0.717) is 12.1 Å². The van der Waals surface area contributed by atoms with Gasteiger partial charge in [-0.2, -0.15) is 0 Å². The minimum absolute atomic E-state index is 0.0228. The first kappa shape index (κ1) is 18.5. The van der Waals surface area contributed by atoms with Gasteiger partial charge in [0.15, 0.2) is 0 Å². The van der Waals surface area contributed by atoms with Crippen LogP contribution in [0.25, 0.3) is 10.9 Å². The number of benzene rings is 2. The van der Waals surface area contributed by atoms with E-state index in [-0.39, 0.29) is 11.9 Å². The van der Waals surface area contributed by atoms with E-state index in [0.717, 1.165) is 40.0 Å². The molecule has 6 heteroatoms. The second-order valence-electron chi connectivity index (χ2n) is 7.85.